The molecule has 0 saturated carbocycles. The van der Waals surface area contributed by atoms with Gasteiger partial charge < -0.3 is 10.1 Å². The average Bonchev–Trinajstić information content (AvgIpc) is 3.08. The number of benzene rings is 1. The summed E-state index contributed by atoms with van der Waals surface area (Å²) >= 11 is 1.47. The van der Waals surface area contributed by atoms with Crippen molar-refractivity contribution in [1.82, 2.24) is 19.1 Å². The summed E-state index contributed by atoms with van der Waals surface area (Å²) in [5.41, 5.74) is 1.76. The van der Waals surface area contributed by atoms with E-state index in [2.05, 4.69) is 15.3 Å². The molecule has 0 atom stereocenters. The third kappa shape index (κ3) is 2.84. The molecule has 0 fully saturated rings. The van der Waals surface area contributed by atoms with Gasteiger partial charge in [-0.2, -0.15) is 0 Å². The number of aromatic nitrogens is 4. The van der Waals surface area contributed by atoms with Gasteiger partial charge in [0.05, 0.1) is 22.5 Å². The first-order chi connectivity index (χ1) is 13.4. The second-order valence-electron chi connectivity index (χ2n) is 6.43. The number of hydrogen-bond donors (Lipinski definition) is 1. The van der Waals surface area contributed by atoms with Gasteiger partial charge in [0, 0.05) is 20.3 Å². The molecule has 3 aromatic heterocycles. The highest BCUT2D eigenvalue weighted by Crippen LogP contribution is 2.33. The van der Waals surface area contributed by atoms with Crippen molar-refractivity contribution in [2.75, 3.05) is 11.9 Å². The van der Waals surface area contributed by atoms with Crippen LogP contribution in [-0.2, 0) is 14.1 Å². The number of pyridine rings is 1. The molecule has 3 heterocycles. The van der Waals surface area contributed by atoms with Crippen molar-refractivity contribution in [2.45, 2.75) is 13.8 Å². The van der Waals surface area contributed by atoms with E-state index in [1.165, 1.54) is 23.0 Å². The van der Waals surface area contributed by atoms with Crippen LogP contribution in [0.3, 0.4) is 0 Å². The molecule has 4 aromatic rings. The number of hydrogen-bond acceptors (Lipinski definition) is 7. The predicted molar refractivity (Wildman–Crippen MR) is 111 cm³/mol. The molecule has 0 radical (unpaired) electrons. The quantitative estimate of drug-likeness (QED) is 0.569. The van der Waals surface area contributed by atoms with Gasteiger partial charge in [0.25, 0.3) is 5.56 Å². The van der Waals surface area contributed by atoms with Crippen LogP contribution in [-0.4, -0.2) is 25.7 Å². The number of fused-ring (bicyclic) bond motifs is 2. The summed E-state index contributed by atoms with van der Waals surface area (Å²) in [6.45, 7) is 4.40. The number of rotatable bonds is 4. The van der Waals surface area contributed by atoms with Gasteiger partial charge in [-0.3, -0.25) is 13.9 Å². The van der Waals surface area contributed by atoms with Crippen molar-refractivity contribution in [3.8, 4) is 5.75 Å². The van der Waals surface area contributed by atoms with Crippen molar-refractivity contribution in [1.29, 1.82) is 0 Å². The molecule has 144 valence electrons. The Morgan fingerprint density at radius 2 is 2.00 bits per heavy atom. The Morgan fingerprint density at radius 1 is 1.21 bits per heavy atom. The van der Waals surface area contributed by atoms with Gasteiger partial charge in [0.15, 0.2) is 10.8 Å². The van der Waals surface area contributed by atoms with E-state index < -0.39 is 11.2 Å². The third-order valence-corrected chi connectivity index (χ3v) is 5.49. The Bertz CT molecular complexity index is 1340. The molecule has 0 spiro atoms. The van der Waals surface area contributed by atoms with Crippen LogP contribution in [0.1, 0.15) is 12.5 Å². The number of nitrogens with zero attached hydrogens (tertiary/aromatic N) is 4. The fraction of sp³-hybridized carbons (Fsp3) is 0.263. The molecule has 0 unspecified atom stereocenters. The highest BCUT2D eigenvalue weighted by atomic mass is 32.1. The van der Waals surface area contributed by atoms with Crippen molar-refractivity contribution in [2.24, 2.45) is 14.1 Å². The first-order valence-electron chi connectivity index (χ1n) is 8.76. The molecule has 0 aliphatic carbocycles. The van der Waals surface area contributed by atoms with Crippen LogP contribution in [0.25, 0.3) is 21.3 Å². The minimum atomic E-state index is -0.414. The van der Waals surface area contributed by atoms with E-state index in [-0.39, 0.29) is 0 Å². The molecular weight excluding hydrogens is 378 g/mol. The molecule has 1 N–H and O–H groups in total. The first-order valence-corrected chi connectivity index (χ1v) is 9.58. The maximum atomic E-state index is 12.8. The van der Waals surface area contributed by atoms with E-state index >= 15 is 0 Å². The monoisotopic (exact) mass is 397 g/mol. The van der Waals surface area contributed by atoms with Gasteiger partial charge in [-0.25, -0.2) is 14.8 Å². The van der Waals surface area contributed by atoms with Crippen molar-refractivity contribution in [3.63, 3.8) is 0 Å². The molecule has 0 aliphatic heterocycles. The fourth-order valence-corrected chi connectivity index (χ4v) is 4.00. The zero-order valence-corrected chi connectivity index (χ0v) is 16.8. The summed E-state index contributed by atoms with van der Waals surface area (Å²) in [5.74, 6) is 0.791. The molecule has 8 nitrogen and oxygen atoms in total. The summed E-state index contributed by atoms with van der Waals surface area (Å²) in [4.78, 5) is 33.9. The smallest absolute Gasteiger partial charge is 0.332 e. The minimum absolute atomic E-state index is 0.334. The summed E-state index contributed by atoms with van der Waals surface area (Å²) in [6, 6.07) is 5.73. The highest BCUT2D eigenvalue weighted by Gasteiger charge is 2.17. The Labute approximate surface area is 164 Å². The number of anilines is 2. The lowest BCUT2D eigenvalue weighted by Gasteiger charge is -2.13. The van der Waals surface area contributed by atoms with Crippen molar-refractivity contribution in [3.05, 3.63) is 50.8 Å². The molecule has 0 bridgehead atoms. The van der Waals surface area contributed by atoms with E-state index in [9.17, 15) is 9.59 Å². The van der Waals surface area contributed by atoms with Crippen LogP contribution >= 0.6 is 11.3 Å². The average molecular weight is 397 g/mol. The van der Waals surface area contributed by atoms with Crippen LogP contribution in [0.2, 0.25) is 0 Å². The highest BCUT2D eigenvalue weighted by molar-refractivity contribution is 7.22. The van der Waals surface area contributed by atoms with Gasteiger partial charge in [-0.1, -0.05) is 11.3 Å². The Balaban J connectivity index is 1.88. The number of thiazole rings is 1. The van der Waals surface area contributed by atoms with Crippen LogP contribution in [0.15, 0.2) is 34.0 Å². The van der Waals surface area contributed by atoms with E-state index in [4.69, 9.17) is 4.74 Å². The van der Waals surface area contributed by atoms with Gasteiger partial charge in [0.1, 0.15) is 11.1 Å². The van der Waals surface area contributed by atoms with Gasteiger partial charge >= 0.3 is 5.69 Å². The van der Waals surface area contributed by atoms with Crippen LogP contribution < -0.4 is 21.3 Å². The predicted octanol–water partition coefficient (Wildman–Crippen LogP) is 2.69. The fourth-order valence-electron chi connectivity index (χ4n) is 3.11. The van der Waals surface area contributed by atoms with Crippen molar-refractivity contribution >= 4 is 43.4 Å². The number of aryl methyl sites for hydroxylation is 2. The van der Waals surface area contributed by atoms with Gasteiger partial charge in [-0.05, 0) is 37.6 Å². The Kier molecular flexibility index (Phi) is 4.38. The molecular formula is C19H19N5O3S. The molecule has 4 rings (SSSR count). The number of ether oxygens (including phenoxy) is 1. The first kappa shape index (κ1) is 18.2. The lowest BCUT2D eigenvalue weighted by Crippen LogP contribution is -2.37. The molecule has 0 amide bonds. The zero-order valence-electron chi connectivity index (χ0n) is 15.9. The largest absolute Gasteiger partial charge is 0.494 e. The van der Waals surface area contributed by atoms with Crippen LogP contribution in [0.4, 0.5) is 10.8 Å². The minimum Gasteiger partial charge on any atom is -0.494 e. The zero-order chi connectivity index (χ0) is 20.0. The third-order valence-electron chi connectivity index (χ3n) is 4.56. The lowest BCUT2D eigenvalue weighted by atomic mass is 10.2. The Morgan fingerprint density at radius 3 is 2.75 bits per heavy atom. The van der Waals surface area contributed by atoms with Crippen LogP contribution in [0, 0.1) is 6.92 Å². The second-order valence-corrected chi connectivity index (χ2v) is 7.46. The maximum absolute atomic E-state index is 12.8. The molecule has 0 aliphatic rings. The molecule has 0 saturated heterocycles. The summed E-state index contributed by atoms with van der Waals surface area (Å²) in [5, 5.41) is 4.28. The maximum Gasteiger partial charge on any atom is 0.332 e. The van der Waals surface area contributed by atoms with E-state index in [0.29, 0.717) is 28.5 Å². The van der Waals surface area contributed by atoms with Gasteiger partial charge in [0.2, 0.25) is 0 Å². The molecule has 1 aromatic carbocycles. The van der Waals surface area contributed by atoms with E-state index in [1.807, 2.05) is 32.0 Å². The molecule has 9 heteroatoms. The SMILES string of the molecule is CCOc1ccc2nc(Nc3c(C)cnc4c3c(=O)n(C)c(=O)n4C)sc2c1. The van der Waals surface area contributed by atoms with Crippen molar-refractivity contribution < 1.29 is 4.74 Å². The molecule has 28 heavy (non-hydrogen) atoms. The number of nitrogens with one attached hydrogen (secondary N) is 1. The standard InChI is InChI=1S/C19H19N5O3S/c1-5-27-11-6-7-12-13(8-11)28-18(21-12)22-15-10(2)9-20-16-14(15)17(25)24(4)19(26)23(16)3/h6-9H,5H2,1-4H3,(H,20,21,22). The summed E-state index contributed by atoms with van der Waals surface area (Å²) in [6.07, 6.45) is 1.64. The van der Waals surface area contributed by atoms with E-state index in [0.717, 1.165) is 26.1 Å². The lowest BCUT2D eigenvalue weighted by molar-refractivity contribution is 0.341. The Hall–Kier alpha value is -3.20. The topological polar surface area (TPSA) is 91.0 Å². The summed E-state index contributed by atoms with van der Waals surface area (Å²) < 4.78 is 8.98. The van der Waals surface area contributed by atoms with Gasteiger partial charge in [-0.15, -0.1) is 0 Å². The second kappa shape index (κ2) is 6.75. The summed E-state index contributed by atoms with van der Waals surface area (Å²) in [7, 11) is 3.06. The van der Waals surface area contributed by atoms with Crippen LogP contribution in [0.5, 0.6) is 5.75 Å². The van der Waals surface area contributed by atoms with E-state index in [1.54, 1.807) is 13.2 Å². The normalized spacial score (nSPS) is 11.3.